The van der Waals surface area contributed by atoms with Crippen molar-refractivity contribution in [2.45, 2.75) is 33.2 Å². The molecule has 0 aliphatic heterocycles. The van der Waals surface area contributed by atoms with Crippen molar-refractivity contribution in [3.8, 4) is 11.4 Å². The average molecular weight is 428 g/mol. The van der Waals surface area contributed by atoms with Gasteiger partial charge in [0.05, 0.1) is 6.33 Å². The summed E-state index contributed by atoms with van der Waals surface area (Å²) < 4.78 is 3.35. The lowest BCUT2D eigenvalue weighted by atomic mass is 10.1. The summed E-state index contributed by atoms with van der Waals surface area (Å²) in [7, 11) is 0. The summed E-state index contributed by atoms with van der Waals surface area (Å²) >= 11 is 1.73. The lowest BCUT2D eigenvalue weighted by molar-refractivity contribution is 0.613. The van der Waals surface area contributed by atoms with Crippen LogP contribution in [0.25, 0.3) is 32.6 Å². The third-order valence-electron chi connectivity index (χ3n) is 5.53. The van der Waals surface area contributed by atoms with Crippen molar-refractivity contribution in [3.05, 3.63) is 71.4 Å². The maximum Gasteiger partial charge on any atom is 0.166 e. The highest BCUT2D eigenvalue weighted by Gasteiger charge is 2.17. The standard InChI is InChI=1S/C25H25N5S/c1-16(2)30-15-27-22-24(26-13-12-18-10-8-17(3)9-11-18)28-23(29-25(22)30)20-14-31-21-7-5-4-6-19(20)21/h4-11,14-16H,12-13H2,1-3H3,(H,26,28,29). The topological polar surface area (TPSA) is 55.6 Å². The van der Waals surface area contributed by atoms with Gasteiger partial charge in [0.15, 0.2) is 17.3 Å². The van der Waals surface area contributed by atoms with Crippen molar-refractivity contribution in [2.24, 2.45) is 0 Å². The van der Waals surface area contributed by atoms with Crippen LogP contribution in [-0.4, -0.2) is 26.1 Å². The molecule has 1 N–H and O–H groups in total. The predicted octanol–water partition coefficient (Wildman–Crippen LogP) is 6.25. The van der Waals surface area contributed by atoms with Crippen LogP contribution in [0, 0.1) is 6.92 Å². The Hall–Kier alpha value is -3.25. The maximum absolute atomic E-state index is 4.94. The van der Waals surface area contributed by atoms with E-state index < -0.39 is 0 Å². The van der Waals surface area contributed by atoms with Crippen molar-refractivity contribution >= 4 is 38.4 Å². The number of fused-ring (bicyclic) bond motifs is 2. The second-order valence-corrected chi connectivity index (χ2v) is 9.03. The van der Waals surface area contributed by atoms with Crippen LogP contribution >= 0.6 is 11.3 Å². The van der Waals surface area contributed by atoms with E-state index in [9.17, 15) is 0 Å². The first kappa shape index (κ1) is 19.7. The van der Waals surface area contributed by atoms with Gasteiger partial charge < -0.3 is 9.88 Å². The van der Waals surface area contributed by atoms with Gasteiger partial charge in [-0.1, -0.05) is 48.0 Å². The molecule has 0 aliphatic carbocycles. The van der Waals surface area contributed by atoms with Gasteiger partial charge in [-0.3, -0.25) is 0 Å². The molecule has 3 heterocycles. The first-order valence-electron chi connectivity index (χ1n) is 10.6. The molecule has 0 radical (unpaired) electrons. The molecule has 0 bridgehead atoms. The summed E-state index contributed by atoms with van der Waals surface area (Å²) in [5.41, 5.74) is 5.34. The minimum atomic E-state index is 0.271. The molecule has 0 fully saturated rings. The highest BCUT2D eigenvalue weighted by molar-refractivity contribution is 7.17. The molecule has 0 aliphatic rings. The number of aromatic nitrogens is 4. The van der Waals surface area contributed by atoms with E-state index >= 15 is 0 Å². The maximum atomic E-state index is 4.94. The zero-order chi connectivity index (χ0) is 21.4. The van der Waals surface area contributed by atoms with E-state index in [1.807, 2.05) is 6.33 Å². The molecule has 0 amide bonds. The van der Waals surface area contributed by atoms with Crippen LogP contribution in [0.15, 0.2) is 60.2 Å². The quantitative estimate of drug-likeness (QED) is 0.348. The van der Waals surface area contributed by atoms with Crippen LogP contribution in [0.4, 0.5) is 5.82 Å². The molecule has 3 aromatic heterocycles. The van der Waals surface area contributed by atoms with Crippen molar-refractivity contribution < 1.29 is 0 Å². The molecule has 2 aromatic carbocycles. The van der Waals surface area contributed by atoms with Crippen LogP contribution in [0.5, 0.6) is 0 Å². The first-order valence-corrected chi connectivity index (χ1v) is 11.5. The van der Waals surface area contributed by atoms with Crippen LogP contribution < -0.4 is 5.32 Å². The smallest absolute Gasteiger partial charge is 0.166 e. The average Bonchev–Trinajstić information content (AvgIpc) is 3.39. The Bertz CT molecular complexity index is 1350. The predicted molar refractivity (Wildman–Crippen MR) is 130 cm³/mol. The molecule has 0 atom stereocenters. The number of thiophene rings is 1. The highest BCUT2D eigenvalue weighted by atomic mass is 32.1. The van der Waals surface area contributed by atoms with Crippen LogP contribution in [0.3, 0.4) is 0 Å². The number of hydrogen-bond acceptors (Lipinski definition) is 5. The molecule has 5 nitrogen and oxygen atoms in total. The Morgan fingerprint density at radius 1 is 1.03 bits per heavy atom. The fraction of sp³-hybridized carbons (Fsp3) is 0.240. The minimum absolute atomic E-state index is 0.271. The highest BCUT2D eigenvalue weighted by Crippen LogP contribution is 2.34. The summed E-state index contributed by atoms with van der Waals surface area (Å²) in [6, 6.07) is 17.4. The molecule has 0 unspecified atom stereocenters. The van der Waals surface area contributed by atoms with Gasteiger partial charge in [0, 0.05) is 33.6 Å². The van der Waals surface area contributed by atoms with Gasteiger partial charge >= 0.3 is 0 Å². The van der Waals surface area contributed by atoms with Gasteiger partial charge in [-0.25, -0.2) is 15.0 Å². The molecule has 5 aromatic rings. The van der Waals surface area contributed by atoms with E-state index in [0.29, 0.717) is 0 Å². The van der Waals surface area contributed by atoms with E-state index in [-0.39, 0.29) is 6.04 Å². The third-order valence-corrected chi connectivity index (χ3v) is 6.49. The Morgan fingerprint density at radius 3 is 2.65 bits per heavy atom. The summed E-state index contributed by atoms with van der Waals surface area (Å²) in [5.74, 6) is 1.53. The van der Waals surface area contributed by atoms with Gasteiger partial charge in [-0.05, 0) is 38.8 Å². The van der Waals surface area contributed by atoms with Crippen LogP contribution in [0.2, 0.25) is 0 Å². The minimum Gasteiger partial charge on any atom is -0.368 e. The molecule has 5 rings (SSSR count). The summed E-state index contributed by atoms with van der Waals surface area (Å²) in [6.07, 6.45) is 2.79. The van der Waals surface area contributed by atoms with Gasteiger partial charge in [-0.2, -0.15) is 0 Å². The molecular weight excluding hydrogens is 402 g/mol. The Morgan fingerprint density at radius 2 is 1.84 bits per heavy atom. The molecular formula is C25H25N5S. The Balaban J connectivity index is 1.54. The number of nitrogens with zero attached hydrogens (tertiary/aromatic N) is 4. The number of aryl methyl sites for hydroxylation is 1. The molecule has 156 valence electrons. The van der Waals surface area contributed by atoms with Crippen LogP contribution in [-0.2, 0) is 6.42 Å². The van der Waals surface area contributed by atoms with E-state index in [1.165, 1.54) is 21.2 Å². The first-order chi connectivity index (χ1) is 15.1. The van der Waals surface area contributed by atoms with Crippen molar-refractivity contribution in [1.82, 2.24) is 19.5 Å². The summed E-state index contributed by atoms with van der Waals surface area (Å²) in [6.45, 7) is 7.19. The molecule has 0 saturated carbocycles. The fourth-order valence-electron chi connectivity index (χ4n) is 3.77. The summed E-state index contributed by atoms with van der Waals surface area (Å²) in [5, 5.41) is 6.87. The van der Waals surface area contributed by atoms with E-state index in [1.54, 1.807) is 11.3 Å². The van der Waals surface area contributed by atoms with E-state index in [4.69, 9.17) is 9.97 Å². The number of hydrogen-bond donors (Lipinski definition) is 1. The van der Waals surface area contributed by atoms with Gasteiger partial charge in [0.25, 0.3) is 0 Å². The zero-order valence-electron chi connectivity index (χ0n) is 18.0. The number of benzene rings is 2. The Kier molecular flexibility index (Phi) is 5.16. The molecule has 0 spiro atoms. The number of imidazole rings is 1. The third kappa shape index (κ3) is 3.79. The van der Waals surface area contributed by atoms with Crippen molar-refractivity contribution in [1.29, 1.82) is 0 Å². The lowest BCUT2D eigenvalue weighted by Crippen LogP contribution is -2.09. The van der Waals surface area contributed by atoms with Crippen molar-refractivity contribution in [2.75, 3.05) is 11.9 Å². The lowest BCUT2D eigenvalue weighted by Gasteiger charge is -2.11. The number of anilines is 1. The number of nitrogens with one attached hydrogen (secondary N) is 1. The van der Waals surface area contributed by atoms with Crippen LogP contribution in [0.1, 0.15) is 31.0 Å². The Labute approximate surface area is 185 Å². The van der Waals surface area contributed by atoms with E-state index in [2.05, 4.69) is 89.6 Å². The van der Waals surface area contributed by atoms with Gasteiger partial charge in [0.2, 0.25) is 0 Å². The normalized spacial score (nSPS) is 11.6. The molecule has 6 heteroatoms. The van der Waals surface area contributed by atoms with Gasteiger partial charge in [0.1, 0.15) is 5.52 Å². The fourth-order valence-corrected chi connectivity index (χ4v) is 4.71. The second-order valence-electron chi connectivity index (χ2n) is 8.12. The van der Waals surface area contributed by atoms with Gasteiger partial charge in [-0.15, -0.1) is 11.3 Å². The summed E-state index contributed by atoms with van der Waals surface area (Å²) in [4.78, 5) is 14.5. The molecule has 0 saturated heterocycles. The zero-order valence-corrected chi connectivity index (χ0v) is 18.8. The second kappa shape index (κ2) is 8.12. The number of rotatable bonds is 6. The SMILES string of the molecule is Cc1ccc(CCNc2nc(-c3csc4ccccc34)nc3c2ncn3C(C)C)cc1. The monoisotopic (exact) mass is 427 g/mol. The van der Waals surface area contributed by atoms with Crippen molar-refractivity contribution in [3.63, 3.8) is 0 Å². The van der Waals surface area contributed by atoms with E-state index in [0.717, 1.165) is 41.3 Å². The molecule has 31 heavy (non-hydrogen) atoms. The largest absolute Gasteiger partial charge is 0.368 e.